The van der Waals surface area contributed by atoms with Crippen LogP contribution in [-0.4, -0.2) is 0 Å². The van der Waals surface area contributed by atoms with Crippen LogP contribution in [-0.2, 0) is 6.54 Å². The summed E-state index contributed by atoms with van der Waals surface area (Å²) in [6.07, 6.45) is 0.830. The van der Waals surface area contributed by atoms with Crippen LogP contribution < -0.4 is 11.1 Å². The highest BCUT2D eigenvalue weighted by Crippen LogP contribution is 2.20. The van der Waals surface area contributed by atoms with Gasteiger partial charge in [-0.25, -0.2) is 0 Å². The van der Waals surface area contributed by atoms with Gasteiger partial charge in [0.15, 0.2) is 0 Å². The number of rotatable bonds is 6. The molecule has 0 amide bonds. The Bertz CT molecular complexity index is 549. The van der Waals surface area contributed by atoms with Crippen molar-refractivity contribution in [2.75, 3.05) is 5.32 Å². The van der Waals surface area contributed by atoms with Crippen molar-refractivity contribution in [3.8, 4) is 0 Å². The van der Waals surface area contributed by atoms with Crippen LogP contribution in [0.3, 0.4) is 0 Å². The predicted octanol–water partition coefficient (Wildman–Crippen LogP) is 4.69. The molecule has 0 aliphatic heterocycles. The van der Waals surface area contributed by atoms with Crippen LogP contribution in [0.15, 0.2) is 66.7 Å². The molecular weight excluding hydrogens is 280 g/mol. The molecule has 2 nitrogen and oxygen atoms in total. The summed E-state index contributed by atoms with van der Waals surface area (Å²) in [7, 11) is 0. The van der Waals surface area contributed by atoms with Crippen molar-refractivity contribution in [2.24, 2.45) is 5.73 Å². The van der Waals surface area contributed by atoms with Gasteiger partial charge in [-0.2, -0.15) is 0 Å². The number of halogens is 1. The first-order chi connectivity index (χ1) is 9.65. The van der Waals surface area contributed by atoms with E-state index in [0.717, 1.165) is 29.8 Å². The Morgan fingerprint density at radius 2 is 1.71 bits per heavy atom. The van der Waals surface area contributed by atoms with Crippen LogP contribution in [0, 0.1) is 0 Å². The first-order valence-electron chi connectivity index (χ1n) is 6.93. The predicted molar refractivity (Wildman–Crippen MR) is 93.8 cm³/mol. The molecule has 0 bridgehead atoms. The molecule has 0 aliphatic rings. The van der Waals surface area contributed by atoms with Crippen LogP contribution in [0.2, 0.25) is 0 Å². The summed E-state index contributed by atoms with van der Waals surface area (Å²) < 4.78 is 0. The molecule has 2 aromatic rings. The van der Waals surface area contributed by atoms with Gasteiger partial charge in [-0.05, 0) is 36.6 Å². The maximum Gasteiger partial charge on any atom is 0.0400 e. The Labute approximate surface area is 133 Å². The van der Waals surface area contributed by atoms with Gasteiger partial charge in [-0.3, -0.25) is 0 Å². The Morgan fingerprint density at radius 1 is 1.10 bits per heavy atom. The van der Waals surface area contributed by atoms with Crippen LogP contribution in [0.5, 0.6) is 0 Å². The molecule has 0 heterocycles. The number of nitrogens with one attached hydrogen (secondary N) is 1. The van der Waals surface area contributed by atoms with Gasteiger partial charge >= 0.3 is 0 Å². The average Bonchev–Trinajstić information content (AvgIpc) is 2.46. The highest BCUT2D eigenvalue weighted by Gasteiger charge is 2.05. The van der Waals surface area contributed by atoms with Crippen LogP contribution in [0.1, 0.15) is 30.5 Å². The second-order valence-corrected chi connectivity index (χ2v) is 5.23. The number of benzene rings is 2. The minimum absolute atomic E-state index is 0. The molecule has 0 unspecified atom stereocenters. The van der Waals surface area contributed by atoms with Gasteiger partial charge < -0.3 is 11.1 Å². The van der Waals surface area contributed by atoms with E-state index in [2.05, 4.69) is 60.4 Å². The minimum Gasteiger partial charge on any atom is -0.381 e. The molecule has 21 heavy (non-hydrogen) atoms. The molecule has 3 N–H and O–H groups in total. The van der Waals surface area contributed by atoms with Crippen LogP contribution in [0.4, 0.5) is 5.69 Å². The van der Waals surface area contributed by atoms with E-state index >= 15 is 0 Å². The first-order valence-corrected chi connectivity index (χ1v) is 6.93. The van der Waals surface area contributed by atoms with Gasteiger partial charge in [0.2, 0.25) is 0 Å². The molecule has 112 valence electrons. The third-order valence-corrected chi connectivity index (χ3v) is 3.25. The molecular formula is C18H23ClN2. The highest BCUT2D eigenvalue weighted by atomic mass is 35.5. The fourth-order valence-electron chi connectivity index (χ4n) is 2.14. The zero-order valence-electron chi connectivity index (χ0n) is 12.4. The average molecular weight is 303 g/mol. The van der Waals surface area contributed by atoms with Crippen LogP contribution in [0.25, 0.3) is 0 Å². The molecule has 2 rings (SSSR count). The van der Waals surface area contributed by atoms with E-state index in [1.807, 2.05) is 13.0 Å². The van der Waals surface area contributed by atoms with Gasteiger partial charge in [0, 0.05) is 18.3 Å². The quantitative estimate of drug-likeness (QED) is 0.760. The Kier molecular flexibility index (Phi) is 7.00. The smallest absolute Gasteiger partial charge is 0.0400 e. The lowest BCUT2D eigenvalue weighted by Crippen LogP contribution is -2.10. The SMILES string of the molecule is C=C(C)C[C@@H](N)c1ccc(NCc2ccccc2)cc1.Cl. The summed E-state index contributed by atoms with van der Waals surface area (Å²) in [6.45, 7) is 6.75. The molecule has 0 spiro atoms. The largest absolute Gasteiger partial charge is 0.381 e. The van der Waals surface area contributed by atoms with Crippen molar-refractivity contribution >= 4 is 18.1 Å². The van der Waals surface area contributed by atoms with E-state index in [0.29, 0.717) is 0 Å². The molecule has 0 saturated heterocycles. The van der Waals surface area contributed by atoms with Gasteiger partial charge in [0.05, 0.1) is 0 Å². The van der Waals surface area contributed by atoms with Crippen molar-refractivity contribution < 1.29 is 0 Å². The van der Waals surface area contributed by atoms with Gasteiger partial charge in [0.1, 0.15) is 0 Å². The molecule has 0 aliphatic carbocycles. The number of hydrogen-bond acceptors (Lipinski definition) is 2. The van der Waals surface area contributed by atoms with Crippen LogP contribution >= 0.6 is 12.4 Å². The maximum atomic E-state index is 6.13. The number of hydrogen-bond donors (Lipinski definition) is 2. The van der Waals surface area contributed by atoms with Gasteiger partial charge in [0.25, 0.3) is 0 Å². The lowest BCUT2D eigenvalue weighted by Gasteiger charge is -2.13. The summed E-state index contributed by atoms with van der Waals surface area (Å²) in [6, 6.07) is 18.7. The topological polar surface area (TPSA) is 38.0 Å². The van der Waals surface area contributed by atoms with E-state index in [9.17, 15) is 0 Å². The third-order valence-electron chi connectivity index (χ3n) is 3.25. The lowest BCUT2D eigenvalue weighted by molar-refractivity contribution is 0.717. The molecule has 0 aromatic heterocycles. The zero-order chi connectivity index (χ0) is 14.4. The standard InChI is InChI=1S/C18H22N2.ClH/c1-14(2)12-18(19)16-8-10-17(11-9-16)20-13-15-6-4-3-5-7-15;/h3-11,18,20H,1,12-13,19H2,2H3;1H/t18-;/m1./s1. The normalized spacial score (nSPS) is 11.3. The molecule has 1 atom stereocenters. The summed E-state index contributed by atoms with van der Waals surface area (Å²) in [5.74, 6) is 0. The van der Waals surface area contributed by atoms with E-state index in [-0.39, 0.29) is 18.4 Å². The number of anilines is 1. The zero-order valence-corrected chi connectivity index (χ0v) is 13.2. The first kappa shape index (κ1) is 17.3. The van der Waals surface area contributed by atoms with Crippen molar-refractivity contribution in [3.05, 3.63) is 77.9 Å². The van der Waals surface area contributed by atoms with Crippen molar-refractivity contribution in [2.45, 2.75) is 25.9 Å². The maximum absolute atomic E-state index is 6.13. The van der Waals surface area contributed by atoms with Gasteiger partial charge in [-0.15, -0.1) is 19.0 Å². The second-order valence-electron chi connectivity index (χ2n) is 5.23. The minimum atomic E-state index is 0. The summed E-state index contributed by atoms with van der Waals surface area (Å²) in [5.41, 5.74) is 10.8. The lowest BCUT2D eigenvalue weighted by atomic mass is 10.0. The summed E-state index contributed by atoms with van der Waals surface area (Å²) in [4.78, 5) is 0. The van der Waals surface area contributed by atoms with Crippen molar-refractivity contribution in [1.82, 2.24) is 0 Å². The highest BCUT2D eigenvalue weighted by molar-refractivity contribution is 5.85. The summed E-state index contributed by atoms with van der Waals surface area (Å²) >= 11 is 0. The van der Waals surface area contributed by atoms with E-state index in [1.165, 1.54) is 5.56 Å². The third kappa shape index (κ3) is 5.62. The fraction of sp³-hybridized carbons (Fsp3) is 0.222. The van der Waals surface area contributed by atoms with E-state index < -0.39 is 0 Å². The molecule has 0 fully saturated rings. The molecule has 2 aromatic carbocycles. The Morgan fingerprint density at radius 3 is 2.29 bits per heavy atom. The van der Waals surface area contributed by atoms with Crippen molar-refractivity contribution in [3.63, 3.8) is 0 Å². The second kappa shape index (κ2) is 8.50. The monoisotopic (exact) mass is 302 g/mol. The molecule has 0 radical (unpaired) electrons. The van der Waals surface area contributed by atoms with E-state index in [1.54, 1.807) is 0 Å². The summed E-state index contributed by atoms with van der Waals surface area (Å²) in [5, 5.41) is 3.41. The van der Waals surface area contributed by atoms with E-state index in [4.69, 9.17) is 5.73 Å². The Hall–Kier alpha value is -1.77. The van der Waals surface area contributed by atoms with Gasteiger partial charge in [-0.1, -0.05) is 48.0 Å². The fourth-order valence-corrected chi connectivity index (χ4v) is 2.14. The van der Waals surface area contributed by atoms with Crippen molar-refractivity contribution in [1.29, 1.82) is 0 Å². The molecule has 0 saturated carbocycles. The molecule has 3 heteroatoms. The number of nitrogens with two attached hydrogens (primary N) is 1. The Balaban J connectivity index is 0.00000220.